The summed E-state index contributed by atoms with van der Waals surface area (Å²) in [7, 11) is 0. The van der Waals surface area contributed by atoms with Crippen molar-refractivity contribution in [2.24, 2.45) is 0 Å². The lowest BCUT2D eigenvalue weighted by atomic mass is 9.75. The van der Waals surface area contributed by atoms with Crippen LogP contribution in [0.5, 0.6) is 0 Å². The first-order valence-corrected chi connectivity index (χ1v) is 16.0. The maximum absolute atomic E-state index is 4.72. The minimum absolute atomic E-state index is 0.124. The van der Waals surface area contributed by atoms with Gasteiger partial charge >= 0.3 is 0 Å². The first-order valence-electron chi connectivity index (χ1n) is 16.0. The molecule has 5 aromatic carbocycles. The van der Waals surface area contributed by atoms with Crippen LogP contribution >= 0.6 is 0 Å². The second-order valence-electron chi connectivity index (χ2n) is 12.3. The number of para-hydroxylation sites is 3. The summed E-state index contributed by atoms with van der Waals surface area (Å²) in [6.07, 6.45) is 4.24. The lowest BCUT2D eigenvalue weighted by Gasteiger charge is -2.35. The third kappa shape index (κ3) is 3.38. The quantitative estimate of drug-likeness (QED) is 0.184. The second kappa shape index (κ2) is 9.54. The molecule has 0 atom stereocenters. The predicted molar refractivity (Wildman–Crippen MR) is 188 cm³/mol. The fourth-order valence-electron chi connectivity index (χ4n) is 8.21. The average Bonchev–Trinajstić information content (AvgIpc) is 3.62. The predicted octanol–water partition coefficient (Wildman–Crippen LogP) is 10.4. The Morgan fingerprint density at radius 1 is 0.556 bits per heavy atom. The molecule has 0 N–H and O–H groups in total. The van der Waals surface area contributed by atoms with Gasteiger partial charge in [0.2, 0.25) is 5.69 Å². The molecule has 8 aromatic rings. The summed E-state index contributed by atoms with van der Waals surface area (Å²) in [5.74, 6) is 0. The lowest BCUT2D eigenvalue weighted by Crippen LogP contribution is -2.59. The normalized spacial score (nSPS) is 14.0. The van der Waals surface area contributed by atoms with Gasteiger partial charge in [0.1, 0.15) is 0 Å². The Kier molecular flexibility index (Phi) is 5.52. The molecular weight excluding hydrogens is 546 g/mol. The highest BCUT2D eigenvalue weighted by molar-refractivity contribution is 6.23. The summed E-state index contributed by atoms with van der Waals surface area (Å²) >= 11 is 0. The van der Waals surface area contributed by atoms with Gasteiger partial charge in [-0.3, -0.25) is 0 Å². The molecule has 0 radical (unpaired) electrons. The van der Waals surface area contributed by atoms with E-state index in [4.69, 9.17) is 6.58 Å². The van der Waals surface area contributed by atoms with Crippen molar-refractivity contribution in [1.82, 2.24) is 9.13 Å². The summed E-state index contributed by atoms with van der Waals surface area (Å²) in [6, 6.07) is 46.6. The van der Waals surface area contributed by atoms with E-state index < -0.39 is 0 Å². The molecule has 1 aliphatic rings. The molecule has 1 aliphatic heterocycles. The Morgan fingerprint density at radius 2 is 1.13 bits per heavy atom. The highest BCUT2D eigenvalue weighted by Gasteiger charge is 2.46. The molecule has 0 amide bonds. The zero-order valence-electron chi connectivity index (χ0n) is 25.7. The van der Waals surface area contributed by atoms with Crippen molar-refractivity contribution in [3.63, 3.8) is 0 Å². The van der Waals surface area contributed by atoms with Crippen molar-refractivity contribution in [2.75, 3.05) is 0 Å². The number of nitrogens with zero attached hydrogens (tertiary/aromatic N) is 3. The molecule has 3 heteroatoms. The van der Waals surface area contributed by atoms with E-state index in [0.29, 0.717) is 0 Å². The topological polar surface area (TPSA) is 13.7 Å². The molecule has 0 aliphatic carbocycles. The molecule has 3 aromatic heterocycles. The molecule has 0 unspecified atom stereocenters. The third-order valence-electron chi connectivity index (χ3n) is 10.4. The number of hydrogen-bond donors (Lipinski definition) is 0. The van der Waals surface area contributed by atoms with Crippen LogP contribution in [0.15, 0.2) is 140 Å². The fourth-order valence-corrected chi connectivity index (χ4v) is 8.21. The van der Waals surface area contributed by atoms with Gasteiger partial charge in [0.15, 0.2) is 11.7 Å². The molecule has 0 saturated carbocycles. The highest BCUT2D eigenvalue weighted by atomic mass is 15.1. The van der Waals surface area contributed by atoms with Crippen molar-refractivity contribution >= 4 is 49.2 Å². The highest BCUT2D eigenvalue weighted by Crippen LogP contribution is 2.46. The summed E-state index contributed by atoms with van der Waals surface area (Å²) < 4.78 is 7.41. The number of pyridine rings is 1. The van der Waals surface area contributed by atoms with Crippen LogP contribution in [0.25, 0.3) is 71.8 Å². The third-order valence-corrected chi connectivity index (χ3v) is 10.4. The van der Waals surface area contributed by atoms with Gasteiger partial charge < -0.3 is 9.13 Å². The SMILES string of the molecule is C=C1c2ccc(-n3c4ccccc4c4ccc5c6ccccc6n(-c6ccccc6)c5c43)cc2-c2cccc[n+]2C1(CC)CC. The summed E-state index contributed by atoms with van der Waals surface area (Å²) in [6.45, 7) is 9.29. The van der Waals surface area contributed by atoms with E-state index in [1.54, 1.807) is 0 Å². The van der Waals surface area contributed by atoms with Gasteiger partial charge in [-0.05, 0) is 48.0 Å². The van der Waals surface area contributed by atoms with Crippen LogP contribution in [0, 0.1) is 0 Å². The monoisotopic (exact) mass is 580 g/mol. The minimum atomic E-state index is -0.124. The Morgan fingerprint density at radius 3 is 1.78 bits per heavy atom. The van der Waals surface area contributed by atoms with E-state index in [1.807, 2.05) is 0 Å². The van der Waals surface area contributed by atoms with Crippen molar-refractivity contribution in [2.45, 2.75) is 32.2 Å². The van der Waals surface area contributed by atoms with Crippen LogP contribution in [-0.2, 0) is 5.54 Å². The van der Waals surface area contributed by atoms with Crippen molar-refractivity contribution in [1.29, 1.82) is 0 Å². The van der Waals surface area contributed by atoms with E-state index in [-0.39, 0.29) is 5.54 Å². The van der Waals surface area contributed by atoms with Crippen LogP contribution in [-0.4, -0.2) is 9.13 Å². The Hall–Kier alpha value is -5.41. The van der Waals surface area contributed by atoms with E-state index >= 15 is 0 Å². The Bertz CT molecular complexity index is 2470. The van der Waals surface area contributed by atoms with E-state index in [0.717, 1.165) is 24.2 Å². The van der Waals surface area contributed by atoms with Gasteiger partial charge in [0.25, 0.3) is 0 Å². The molecule has 45 heavy (non-hydrogen) atoms. The number of fused-ring (bicyclic) bond motifs is 10. The molecule has 0 saturated heterocycles. The minimum Gasteiger partial charge on any atom is -0.307 e. The van der Waals surface area contributed by atoms with Gasteiger partial charge in [-0.25, -0.2) is 0 Å². The van der Waals surface area contributed by atoms with E-state index in [2.05, 4.69) is 161 Å². The second-order valence-corrected chi connectivity index (χ2v) is 12.3. The number of aromatic nitrogens is 3. The maximum atomic E-state index is 4.72. The molecule has 0 fully saturated rings. The first-order chi connectivity index (χ1) is 22.2. The fraction of sp³-hybridized carbons (Fsp3) is 0.119. The van der Waals surface area contributed by atoms with Gasteiger partial charge in [0.05, 0.1) is 27.6 Å². The van der Waals surface area contributed by atoms with Gasteiger partial charge in [-0.2, -0.15) is 4.57 Å². The van der Waals surface area contributed by atoms with Crippen LogP contribution < -0.4 is 4.57 Å². The van der Waals surface area contributed by atoms with Crippen LogP contribution in [0.1, 0.15) is 32.3 Å². The van der Waals surface area contributed by atoms with Crippen molar-refractivity contribution in [3.05, 3.63) is 146 Å². The van der Waals surface area contributed by atoms with Crippen LogP contribution in [0.4, 0.5) is 0 Å². The Labute approximate surface area is 262 Å². The van der Waals surface area contributed by atoms with E-state index in [9.17, 15) is 0 Å². The average molecular weight is 581 g/mol. The maximum Gasteiger partial charge on any atom is 0.213 e. The largest absolute Gasteiger partial charge is 0.307 e. The summed E-state index contributed by atoms with van der Waals surface area (Å²) in [4.78, 5) is 0. The molecule has 0 bridgehead atoms. The number of hydrogen-bond acceptors (Lipinski definition) is 0. The molecular formula is C42H34N3+. The number of rotatable bonds is 4. The summed E-state index contributed by atoms with van der Waals surface area (Å²) in [5, 5.41) is 5.03. The van der Waals surface area contributed by atoms with Crippen LogP contribution in [0.2, 0.25) is 0 Å². The van der Waals surface area contributed by atoms with Gasteiger partial charge in [0, 0.05) is 63.5 Å². The van der Waals surface area contributed by atoms with Crippen molar-refractivity contribution in [3.8, 4) is 22.6 Å². The van der Waals surface area contributed by atoms with E-state index in [1.165, 1.54) is 66.0 Å². The molecule has 0 spiro atoms. The number of benzene rings is 5. The van der Waals surface area contributed by atoms with Crippen LogP contribution in [0.3, 0.4) is 0 Å². The smallest absolute Gasteiger partial charge is 0.213 e. The molecule has 3 nitrogen and oxygen atoms in total. The molecule has 9 rings (SSSR count). The Balaban J connectivity index is 1.43. The zero-order chi connectivity index (χ0) is 30.3. The summed E-state index contributed by atoms with van der Waals surface area (Å²) in [5.41, 5.74) is 12.0. The van der Waals surface area contributed by atoms with Gasteiger partial charge in [-0.15, -0.1) is 0 Å². The first kappa shape index (κ1) is 26.0. The number of allylic oxidation sites excluding steroid dienone is 1. The molecule has 4 heterocycles. The lowest BCUT2D eigenvalue weighted by molar-refractivity contribution is -0.741. The zero-order valence-corrected chi connectivity index (χ0v) is 25.7. The van der Waals surface area contributed by atoms with Crippen molar-refractivity contribution < 1.29 is 4.57 Å². The van der Waals surface area contributed by atoms with Gasteiger partial charge in [-0.1, -0.05) is 93.2 Å². The standard InChI is InChI=1S/C42H34N3/c1-4-42(5-2)28(3)31-23-22-30(27-36(31)37-19-13-14-26-43(37)42)45-39-21-12-10-18-33(39)35-25-24-34-32-17-9-11-20-38(32)44(40(34)41(35)45)29-15-7-6-8-16-29/h6-27H,3-5H2,1-2H3/q+1. The molecule has 216 valence electrons.